The van der Waals surface area contributed by atoms with Gasteiger partial charge in [-0.3, -0.25) is 9.69 Å². The zero-order valence-corrected chi connectivity index (χ0v) is 15.3. The average molecular weight is 381 g/mol. The molecule has 24 heavy (non-hydrogen) atoms. The minimum absolute atomic E-state index is 0. The van der Waals surface area contributed by atoms with Crippen LogP contribution in [-0.2, 0) is 16.1 Å². The summed E-state index contributed by atoms with van der Waals surface area (Å²) in [7, 11) is 0. The molecule has 9 heteroatoms. The minimum atomic E-state index is -0.410. The molecule has 138 valence electrons. The van der Waals surface area contributed by atoms with Crippen LogP contribution in [0.25, 0.3) is 0 Å². The molecule has 0 spiro atoms. The Morgan fingerprint density at radius 2 is 1.88 bits per heavy atom. The second-order valence-corrected chi connectivity index (χ2v) is 6.16. The molecule has 3 heterocycles. The summed E-state index contributed by atoms with van der Waals surface area (Å²) < 4.78 is 10.2. The van der Waals surface area contributed by atoms with Gasteiger partial charge < -0.3 is 19.9 Å². The highest BCUT2D eigenvalue weighted by Gasteiger charge is 2.42. The molecule has 0 aliphatic carbocycles. The largest absolute Gasteiger partial charge is 0.381 e. The first-order valence-electron chi connectivity index (χ1n) is 7.92. The minimum Gasteiger partial charge on any atom is -0.381 e. The molecule has 2 aliphatic rings. The third-order valence-electron chi connectivity index (χ3n) is 4.83. The predicted octanol–water partition coefficient (Wildman–Crippen LogP) is 0.918. The van der Waals surface area contributed by atoms with Crippen LogP contribution in [-0.4, -0.2) is 66.8 Å². The SMILES string of the molecule is Cl.Cl.NCC1(C(=O)N2CCN(Cc3ccon3)CC2)CCOCC1. The first-order valence-corrected chi connectivity index (χ1v) is 7.92. The van der Waals surface area contributed by atoms with Crippen molar-refractivity contribution in [1.82, 2.24) is 15.0 Å². The molecule has 1 aromatic heterocycles. The number of nitrogens with two attached hydrogens (primary N) is 1. The van der Waals surface area contributed by atoms with E-state index in [4.69, 9.17) is 15.0 Å². The standard InChI is InChI=1S/C15H24N4O3.2ClH/c16-12-15(2-9-21-10-3-15)14(20)19-6-4-18(5-7-19)11-13-1-8-22-17-13;;/h1,8H,2-7,9-12,16H2;2*1H. The van der Waals surface area contributed by atoms with Crippen LogP contribution in [0.3, 0.4) is 0 Å². The van der Waals surface area contributed by atoms with E-state index in [1.807, 2.05) is 11.0 Å². The van der Waals surface area contributed by atoms with E-state index in [0.29, 0.717) is 19.8 Å². The highest BCUT2D eigenvalue weighted by Crippen LogP contribution is 2.32. The fourth-order valence-electron chi connectivity index (χ4n) is 3.26. The number of carbonyl (C=O) groups excluding carboxylic acids is 1. The average Bonchev–Trinajstić information content (AvgIpc) is 3.08. The van der Waals surface area contributed by atoms with Crippen LogP contribution in [0.4, 0.5) is 0 Å². The predicted molar refractivity (Wildman–Crippen MR) is 94.4 cm³/mol. The van der Waals surface area contributed by atoms with E-state index >= 15 is 0 Å². The number of amides is 1. The van der Waals surface area contributed by atoms with E-state index in [-0.39, 0.29) is 30.7 Å². The van der Waals surface area contributed by atoms with Crippen molar-refractivity contribution in [2.45, 2.75) is 19.4 Å². The van der Waals surface area contributed by atoms with Gasteiger partial charge in [0.2, 0.25) is 5.91 Å². The van der Waals surface area contributed by atoms with Gasteiger partial charge in [-0.15, -0.1) is 24.8 Å². The van der Waals surface area contributed by atoms with Crippen molar-refractivity contribution in [2.75, 3.05) is 45.9 Å². The van der Waals surface area contributed by atoms with Crippen LogP contribution in [0.1, 0.15) is 18.5 Å². The Morgan fingerprint density at radius 3 is 2.42 bits per heavy atom. The van der Waals surface area contributed by atoms with Crippen molar-refractivity contribution in [3.8, 4) is 0 Å². The van der Waals surface area contributed by atoms with Crippen molar-refractivity contribution in [2.24, 2.45) is 11.1 Å². The Morgan fingerprint density at radius 1 is 1.21 bits per heavy atom. The smallest absolute Gasteiger partial charge is 0.230 e. The van der Waals surface area contributed by atoms with Crippen LogP contribution in [0.15, 0.2) is 16.9 Å². The fourth-order valence-corrected chi connectivity index (χ4v) is 3.26. The molecular formula is C15H26Cl2N4O3. The van der Waals surface area contributed by atoms with Gasteiger partial charge in [0, 0.05) is 58.5 Å². The molecule has 1 aromatic rings. The van der Waals surface area contributed by atoms with Gasteiger partial charge in [-0.1, -0.05) is 5.16 Å². The molecule has 0 atom stereocenters. The first kappa shape index (κ1) is 21.2. The van der Waals surface area contributed by atoms with Gasteiger partial charge in [0.25, 0.3) is 0 Å². The summed E-state index contributed by atoms with van der Waals surface area (Å²) in [6.07, 6.45) is 3.06. The quantitative estimate of drug-likeness (QED) is 0.835. The monoisotopic (exact) mass is 380 g/mol. The maximum Gasteiger partial charge on any atom is 0.230 e. The number of ether oxygens (including phenoxy) is 1. The molecule has 0 unspecified atom stereocenters. The summed E-state index contributed by atoms with van der Waals surface area (Å²) in [6, 6.07) is 1.88. The van der Waals surface area contributed by atoms with E-state index in [1.165, 1.54) is 0 Å². The van der Waals surface area contributed by atoms with Gasteiger partial charge in [0.15, 0.2) is 0 Å². The zero-order valence-electron chi connectivity index (χ0n) is 13.7. The summed E-state index contributed by atoms with van der Waals surface area (Å²) in [6.45, 7) is 5.66. The summed E-state index contributed by atoms with van der Waals surface area (Å²) in [4.78, 5) is 17.1. The molecule has 0 aromatic carbocycles. The first-order chi connectivity index (χ1) is 10.7. The molecule has 0 saturated carbocycles. The van der Waals surface area contributed by atoms with Gasteiger partial charge in [0.1, 0.15) is 6.26 Å². The topological polar surface area (TPSA) is 84.8 Å². The molecule has 7 nitrogen and oxygen atoms in total. The lowest BCUT2D eigenvalue weighted by atomic mass is 9.78. The summed E-state index contributed by atoms with van der Waals surface area (Å²) in [5.74, 6) is 0.208. The molecular weight excluding hydrogens is 355 g/mol. The van der Waals surface area contributed by atoms with E-state index < -0.39 is 5.41 Å². The van der Waals surface area contributed by atoms with Gasteiger partial charge in [-0.25, -0.2) is 0 Å². The van der Waals surface area contributed by atoms with E-state index in [9.17, 15) is 4.79 Å². The third-order valence-corrected chi connectivity index (χ3v) is 4.83. The van der Waals surface area contributed by atoms with Crippen molar-refractivity contribution < 1.29 is 14.1 Å². The molecule has 2 saturated heterocycles. The lowest BCUT2D eigenvalue weighted by Crippen LogP contribution is -2.56. The van der Waals surface area contributed by atoms with Gasteiger partial charge in [-0.2, -0.15) is 0 Å². The molecule has 1 amide bonds. The Kier molecular flexibility index (Phi) is 8.45. The number of aromatic nitrogens is 1. The Hall–Kier alpha value is -0.860. The maximum absolute atomic E-state index is 12.9. The highest BCUT2D eigenvalue weighted by atomic mass is 35.5. The number of nitrogens with zero attached hydrogens (tertiary/aromatic N) is 3. The number of hydrogen-bond donors (Lipinski definition) is 1. The normalized spacial score (nSPS) is 20.8. The molecule has 2 fully saturated rings. The second kappa shape index (κ2) is 9.58. The second-order valence-electron chi connectivity index (χ2n) is 6.16. The molecule has 2 aliphatic heterocycles. The Bertz CT molecular complexity index is 487. The molecule has 0 bridgehead atoms. The Balaban J connectivity index is 0.00000144. The number of piperazine rings is 1. The lowest BCUT2D eigenvalue weighted by molar-refractivity contribution is -0.149. The van der Waals surface area contributed by atoms with Gasteiger partial charge in [0.05, 0.1) is 11.1 Å². The van der Waals surface area contributed by atoms with E-state index in [2.05, 4.69) is 10.1 Å². The van der Waals surface area contributed by atoms with Crippen molar-refractivity contribution in [1.29, 1.82) is 0 Å². The van der Waals surface area contributed by atoms with Crippen molar-refractivity contribution in [3.63, 3.8) is 0 Å². The van der Waals surface area contributed by atoms with Crippen LogP contribution in [0, 0.1) is 5.41 Å². The number of carbonyl (C=O) groups is 1. The van der Waals surface area contributed by atoms with Crippen LogP contribution < -0.4 is 5.73 Å². The fraction of sp³-hybridized carbons (Fsp3) is 0.733. The highest BCUT2D eigenvalue weighted by molar-refractivity contribution is 5.85. The Labute approximate surface area is 154 Å². The number of rotatable bonds is 4. The van der Waals surface area contributed by atoms with Crippen LogP contribution >= 0.6 is 24.8 Å². The third kappa shape index (κ3) is 4.61. The van der Waals surface area contributed by atoms with Crippen LogP contribution in [0.2, 0.25) is 0 Å². The van der Waals surface area contributed by atoms with E-state index in [1.54, 1.807) is 6.26 Å². The molecule has 3 rings (SSSR count). The van der Waals surface area contributed by atoms with Gasteiger partial charge >= 0.3 is 0 Å². The summed E-state index contributed by atoms with van der Waals surface area (Å²) >= 11 is 0. The summed E-state index contributed by atoms with van der Waals surface area (Å²) in [5.41, 5.74) is 6.45. The lowest BCUT2D eigenvalue weighted by Gasteiger charge is -2.42. The van der Waals surface area contributed by atoms with E-state index in [0.717, 1.165) is 51.3 Å². The van der Waals surface area contributed by atoms with Crippen molar-refractivity contribution in [3.05, 3.63) is 18.0 Å². The van der Waals surface area contributed by atoms with Crippen LogP contribution in [0.5, 0.6) is 0 Å². The zero-order chi connectivity index (χ0) is 15.4. The number of hydrogen-bond acceptors (Lipinski definition) is 6. The molecule has 2 N–H and O–H groups in total. The summed E-state index contributed by atoms with van der Waals surface area (Å²) in [5, 5.41) is 3.93. The molecule has 0 radical (unpaired) electrons. The maximum atomic E-state index is 12.9. The van der Waals surface area contributed by atoms with Crippen molar-refractivity contribution >= 4 is 30.7 Å². The number of halogens is 2. The van der Waals surface area contributed by atoms with Gasteiger partial charge in [-0.05, 0) is 12.8 Å².